The van der Waals surface area contributed by atoms with E-state index >= 15 is 0 Å². The fraction of sp³-hybridized carbons (Fsp3) is 1.00. The normalized spacial score (nSPS) is 12.3. The molecular formula is C17H38O2Si. The van der Waals surface area contributed by atoms with Crippen LogP contribution in [0, 0.1) is 5.92 Å². The fourth-order valence-corrected chi connectivity index (χ4v) is 4.85. The molecule has 0 unspecified atom stereocenters. The van der Waals surface area contributed by atoms with Crippen LogP contribution in [0.1, 0.15) is 79.6 Å². The Bertz CT molecular complexity index is 203. The number of rotatable bonds is 14. The highest BCUT2D eigenvalue weighted by Crippen LogP contribution is 2.20. The van der Waals surface area contributed by atoms with Gasteiger partial charge in [0, 0.05) is 13.2 Å². The first-order valence-electron chi connectivity index (χ1n) is 8.88. The maximum absolute atomic E-state index is 6.23. The zero-order chi connectivity index (χ0) is 15.3. The first-order valence-corrected chi connectivity index (χ1v) is 11.1. The van der Waals surface area contributed by atoms with Crippen LogP contribution in [0.3, 0.4) is 0 Å². The summed E-state index contributed by atoms with van der Waals surface area (Å²) in [6.45, 7) is 13.1. The van der Waals surface area contributed by atoms with Crippen molar-refractivity contribution < 1.29 is 8.85 Å². The molecule has 0 aromatic carbocycles. The van der Waals surface area contributed by atoms with Crippen LogP contribution in [-0.2, 0) is 8.85 Å². The molecule has 0 aromatic heterocycles. The van der Waals surface area contributed by atoms with Crippen LogP contribution in [0.5, 0.6) is 0 Å². The minimum absolute atomic E-state index is 0.775. The van der Waals surface area contributed by atoms with Gasteiger partial charge in [0.15, 0.2) is 0 Å². The lowest BCUT2D eigenvalue weighted by Gasteiger charge is -2.29. The van der Waals surface area contributed by atoms with Gasteiger partial charge in [0.25, 0.3) is 0 Å². The van der Waals surface area contributed by atoms with Crippen LogP contribution < -0.4 is 0 Å². The molecule has 122 valence electrons. The summed E-state index contributed by atoms with van der Waals surface area (Å²) in [5, 5.41) is 0. The van der Waals surface area contributed by atoms with Gasteiger partial charge in [-0.15, -0.1) is 0 Å². The van der Waals surface area contributed by atoms with Gasteiger partial charge in [-0.1, -0.05) is 60.3 Å². The summed E-state index contributed by atoms with van der Waals surface area (Å²) in [4.78, 5) is 0. The Morgan fingerprint density at radius 3 is 1.80 bits per heavy atom. The molecule has 20 heavy (non-hydrogen) atoms. The van der Waals surface area contributed by atoms with E-state index in [1.54, 1.807) is 0 Å². The van der Waals surface area contributed by atoms with Gasteiger partial charge in [-0.3, -0.25) is 0 Å². The van der Waals surface area contributed by atoms with Crippen LogP contribution in [0.2, 0.25) is 12.1 Å². The summed E-state index contributed by atoms with van der Waals surface area (Å²) in [6.07, 6.45) is 8.95. The largest absolute Gasteiger partial charge is 0.394 e. The molecular weight excluding hydrogens is 264 g/mol. The van der Waals surface area contributed by atoms with Gasteiger partial charge < -0.3 is 8.85 Å². The van der Waals surface area contributed by atoms with Crippen molar-refractivity contribution in [1.29, 1.82) is 0 Å². The second-order valence-electron chi connectivity index (χ2n) is 6.27. The van der Waals surface area contributed by atoms with E-state index in [9.17, 15) is 0 Å². The summed E-state index contributed by atoms with van der Waals surface area (Å²) < 4.78 is 12.5. The second kappa shape index (κ2) is 12.8. The topological polar surface area (TPSA) is 18.5 Å². The molecule has 0 atom stereocenters. The van der Waals surface area contributed by atoms with E-state index in [-0.39, 0.29) is 0 Å². The standard InChI is InChI=1S/C17H38O2Si/c1-6-9-10-11-12-15-18-20(7-2,8-3)19-16-13-14-17(4)5/h17H,6-16H2,1-5H3. The van der Waals surface area contributed by atoms with E-state index in [0.717, 1.165) is 31.2 Å². The molecule has 0 rings (SSSR count). The van der Waals surface area contributed by atoms with Crippen LogP contribution >= 0.6 is 0 Å². The molecule has 0 amide bonds. The zero-order valence-corrected chi connectivity index (χ0v) is 15.7. The van der Waals surface area contributed by atoms with Crippen molar-refractivity contribution in [2.45, 2.75) is 91.7 Å². The Labute approximate surface area is 128 Å². The van der Waals surface area contributed by atoms with Crippen LogP contribution in [0.25, 0.3) is 0 Å². The number of unbranched alkanes of at least 4 members (excludes halogenated alkanes) is 4. The highest BCUT2D eigenvalue weighted by atomic mass is 28.4. The minimum Gasteiger partial charge on any atom is -0.394 e. The van der Waals surface area contributed by atoms with Gasteiger partial charge in [-0.05, 0) is 37.3 Å². The first kappa shape index (κ1) is 20.1. The van der Waals surface area contributed by atoms with Crippen molar-refractivity contribution in [3.8, 4) is 0 Å². The highest BCUT2D eigenvalue weighted by molar-refractivity contribution is 6.67. The molecule has 0 N–H and O–H groups in total. The molecule has 0 aliphatic carbocycles. The molecule has 0 radical (unpaired) electrons. The monoisotopic (exact) mass is 302 g/mol. The lowest BCUT2D eigenvalue weighted by Crippen LogP contribution is -2.41. The Morgan fingerprint density at radius 2 is 1.30 bits per heavy atom. The van der Waals surface area contributed by atoms with Gasteiger partial charge in [-0.2, -0.15) is 0 Å². The van der Waals surface area contributed by atoms with Gasteiger partial charge in [0.1, 0.15) is 0 Å². The molecule has 0 aliphatic rings. The Balaban J connectivity index is 3.86. The highest BCUT2D eigenvalue weighted by Gasteiger charge is 2.33. The first-order chi connectivity index (χ1) is 9.60. The average molecular weight is 303 g/mol. The van der Waals surface area contributed by atoms with Crippen molar-refractivity contribution in [2.75, 3.05) is 13.2 Å². The summed E-state index contributed by atoms with van der Waals surface area (Å²) in [7, 11) is -1.88. The maximum Gasteiger partial charge on any atom is 0.337 e. The van der Waals surface area contributed by atoms with E-state index in [1.165, 1.54) is 44.9 Å². The average Bonchev–Trinajstić information content (AvgIpc) is 2.45. The minimum atomic E-state index is -1.88. The van der Waals surface area contributed by atoms with Gasteiger partial charge in [0.05, 0.1) is 0 Å². The van der Waals surface area contributed by atoms with E-state index in [4.69, 9.17) is 8.85 Å². The van der Waals surface area contributed by atoms with Crippen molar-refractivity contribution in [3.05, 3.63) is 0 Å². The summed E-state index contributed by atoms with van der Waals surface area (Å²) in [6, 6.07) is 2.17. The number of hydrogen-bond acceptors (Lipinski definition) is 2. The van der Waals surface area contributed by atoms with Crippen molar-refractivity contribution in [2.24, 2.45) is 5.92 Å². The van der Waals surface area contributed by atoms with Gasteiger partial charge in [-0.25, -0.2) is 0 Å². The number of hydrogen-bond donors (Lipinski definition) is 0. The van der Waals surface area contributed by atoms with Gasteiger partial charge >= 0.3 is 8.56 Å². The molecule has 0 spiro atoms. The van der Waals surface area contributed by atoms with Crippen molar-refractivity contribution >= 4 is 8.56 Å². The molecule has 0 saturated heterocycles. The van der Waals surface area contributed by atoms with Crippen molar-refractivity contribution in [1.82, 2.24) is 0 Å². The molecule has 0 aliphatic heterocycles. The molecule has 0 aromatic rings. The molecule has 3 heteroatoms. The SMILES string of the molecule is CCCCCCCO[Si](CC)(CC)OCCCC(C)C. The van der Waals surface area contributed by atoms with Crippen LogP contribution in [0.15, 0.2) is 0 Å². The molecule has 0 fully saturated rings. The third-order valence-corrected chi connectivity index (χ3v) is 7.60. The molecule has 0 heterocycles. The predicted octanol–water partition coefficient (Wildman–Crippen LogP) is 5.91. The second-order valence-corrected chi connectivity index (χ2v) is 10.1. The van der Waals surface area contributed by atoms with E-state index in [0.29, 0.717) is 0 Å². The van der Waals surface area contributed by atoms with Gasteiger partial charge in [0.2, 0.25) is 0 Å². The van der Waals surface area contributed by atoms with Crippen LogP contribution in [0.4, 0.5) is 0 Å². The fourth-order valence-electron chi connectivity index (χ4n) is 2.41. The lowest BCUT2D eigenvalue weighted by atomic mass is 10.1. The van der Waals surface area contributed by atoms with E-state index in [2.05, 4.69) is 34.6 Å². The quantitative estimate of drug-likeness (QED) is 0.293. The van der Waals surface area contributed by atoms with Crippen molar-refractivity contribution in [3.63, 3.8) is 0 Å². The Kier molecular flexibility index (Phi) is 12.9. The predicted molar refractivity (Wildman–Crippen MR) is 91.5 cm³/mol. The maximum atomic E-state index is 6.23. The molecule has 0 saturated carbocycles. The van der Waals surface area contributed by atoms with E-state index in [1.807, 2.05) is 0 Å². The summed E-state index contributed by atoms with van der Waals surface area (Å²) in [5.74, 6) is 0.775. The summed E-state index contributed by atoms with van der Waals surface area (Å²) >= 11 is 0. The Morgan fingerprint density at radius 1 is 0.750 bits per heavy atom. The molecule has 0 bridgehead atoms. The van der Waals surface area contributed by atoms with Crippen LogP contribution in [-0.4, -0.2) is 21.8 Å². The smallest absolute Gasteiger partial charge is 0.337 e. The summed E-state index contributed by atoms with van der Waals surface area (Å²) in [5.41, 5.74) is 0. The molecule has 2 nitrogen and oxygen atoms in total. The zero-order valence-electron chi connectivity index (χ0n) is 14.7. The lowest BCUT2D eigenvalue weighted by molar-refractivity contribution is 0.161. The Hall–Kier alpha value is 0.137. The van der Waals surface area contributed by atoms with E-state index < -0.39 is 8.56 Å². The third-order valence-electron chi connectivity index (χ3n) is 3.98. The third kappa shape index (κ3) is 9.95.